The van der Waals surface area contributed by atoms with E-state index in [9.17, 15) is 39.0 Å². The molecule has 0 saturated carbocycles. The number of phenolic OH excluding ortho intramolecular Hbond substituents is 1. The molecule has 0 aliphatic carbocycles. The second-order valence-corrected chi connectivity index (χ2v) is 8.96. The summed E-state index contributed by atoms with van der Waals surface area (Å²) in [7, 11) is 0. The van der Waals surface area contributed by atoms with Gasteiger partial charge in [0.1, 0.15) is 23.9 Å². The number of hydrogen-bond donors (Lipinski definition) is 9. The normalized spacial score (nSPS) is 13.7. The molecule has 0 radical (unpaired) electrons. The van der Waals surface area contributed by atoms with E-state index < -0.39 is 66.1 Å². The third kappa shape index (κ3) is 10.4. The lowest BCUT2D eigenvalue weighted by Crippen LogP contribution is -2.58. The van der Waals surface area contributed by atoms with Crippen molar-refractivity contribution in [2.45, 2.75) is 56.3 Å². The standard InChI is InChI=1S/C24H32N8O8/c25-15(5-6-19(26)34)21(36)30-17(9-20(27)35)23(38)31-16(7-12-1-3-14(33)4-2-12)22(37)32-18(24(39)40)8-13-10-28-11-29-13/h1-4,10-11,15-18,33H,5-9,25H2,(H2,26,34)(H2,27,35)(H,28,29)(H,30,36)(H,31,38)(H,32,37)(H,39,40). The Bertz CT molecular complexity index is 1200. The van der Waals surface area contributed by atoms with Crippen LogP contribution in [0.4, 0.5) is 0 Å². The molecule has 12 N–H and O–H groups in total. The van der Waals surface area contributed by atoms with Gasteiger partial charge in [-0.1, -0.05) is 12.1 Å². The van der Waals surface area contributed by atoms with Crippen molar-refractivity contribution in [1.29, 1.82) is 0 Å². The van der Waals surface area contributed by atoms with E-state index in [-0.39, 0.29) is 31.4 Å². The third-order valence-corrected chi connectivity index (χ3v) is 5.68. The number of nitrogens with zero attached hydrogens (tertiary/aromatic N) is 1. The molecule has 1 heterocycles. The first-order valence-corrected chi connectivity index (χ1v) is 12.1. The predicted octanol–water partition coefficient (Wildman–Crippen LogP) is -3.09. The molecule has 4 unspecified atom stereocenters. The van der Waals surface area contributed by atoms with Gasteiger partial charge in [0.15, 0.2) is 0 Å². The lowest BCUT2D eigenvalue weighted by molar-refractivity contribution is -0.142. The first-order chi connectivity index (χ1) is 18.8. The Hall–Kier alpha value is -4.99. The number of benzene rings is 1. The maximum atomic E-state index is 13.2. The van der Waals surface area contributed by atoms with Crippen LogP contribution in [-0.4, -0.2) is 79.9 Å². The number of H-pyrrole nitrogens is 1. The zero-order valence-corrected chi connectivity index (χ0v) is 21.3. The van der Waals surface area contributed by atoms with E-state index in [2.05, 4.69) is 25.9 Å². The second-order valence-electron chi connectivity index (χ2n) is 8.96. The zero-order valence-electron chi connectivity index (χ0n) is 21.3. The Labute approximate surface area is 228 Å². The molecule has 5 amide bonds. The van der Waals surface area contributed by atoms with Gasteiger partial charge in [0.2, 0.25) is 29.5 Å². The molecule has 0 saturated heterocycles. The van der Waals surface area contributed by atoms with Gasteiger partial charge in [-0.05, 0) is 24.1 Å². The summed E-state index contributed by atoms with van der Waals surface area (Å²) in [5.41, 5.74) is 16.9. The lowest BCUT2D eigenvalue weighted by Gasteiger charge is -2.25. The number of phenols is 1. The Morgan fingerprint density at radius 2 is 1.45 bits per heavy atom. The number of carbonyl (C=O) groups is 6. The van der Waals surface area contributed by atoms with E-state index in [0.717, 1.165) is 0 Å². The number of carbonyl (C=O) groups excluding carboxylic acids is 5. The molecule has 216 valence electrons. The Kier molecular flexibility index (Phi) is 11.6. The van der Waals surface area contributed by atoms with Crippen LogP contribution in [0.25, 0.3) is 0 Å². The summed E-state index contributed by atoms with van der Waals surface area (Å²) in [6.45, 7) is 0. The van der Waals surface area contributed by atoms with Crippen LogP contribution < -0.4 is 33.2 Å². The molecule has 16 nitrogen and oxygen atoms in total. The molecule has 2 rings (SSSR count). The fraction of sp³-hybridized carbons (Fsp3) is 0.375. The fourth-order valence-corrected chi connectivity index (χ4v) is 3.56. The van der Waals surface area contributed by atoms with E-state index in [1.165, 1.54) is 36.8 Å². The van der Waals surface area contributed by atoms with Crippen molar-refractivity contribution >= 4 is 35.5 Å². The van der Waals surface area contributed by atoms with Crippen LogP contribution in [-0.2, 0) is 41.6 Å². The Morgan fingerprint density at radius 1 is 0.850 bits per heavy atom. The average molecular weight is 561 g/mol. The minimum absolute atomic E-state index is 0.0452. The van der Waals surface area contributed by atoms with Gasteiger partial charge in [-0.15, -0.1) is 0 Å². The first kappa shape index (κ1) is 31.2. The van der Waals surface area contributed by atoms with Crippen molar-refractivity contribution in [3.8, 4) is 5.75 Å². The molecule has 1 aromatic carbocycles. The number of nitrogens with two attached hydrogens (primary N) is 3. The zero-order chi connectivity index (χ0) is 29.8. The highest BCUT2D eigenvalue weighted by molar-refractivity contribution is 5.96. The molecule has 40 heavy (non-hydrogen) atoms. The maximum absolute atomic E-state index is 13.2. The van der Waals surface area contributed by atoms with Crippen molar-refractivity contribution in [2.75, 3.05) is 0 Å². The highest BCUT2D eigenvalue weighted by Crippen LogP contribution is 2.12. The van der Waals surface area contributed by atoms with Crippen LogP contribution in [0.3, 0.4) is 0 Å². The van der Waals surface area contributed by atoms with Crippen LogP contribution in [0.15, 0.2) is 36.8 Å². The number of carboxylic acid groups (broad SMARTS) is 1. The number of amides is 5. The van der Waals surface area contributed by atoms with Gasteiger partial charge < -0.3 is 48.3 Å². The van der Waals surface area contributed by atoms with Crippen LogP contribution in [0.1, 0.15) is 30.5 Å². The van der Waals surface area contributed by atoms with Crippen molar-refractivity contribution in [1.82, 2.24) is 25.9 Å². The third-order valence-electron chi connectivity index (χ3n) is 5.68. The summed E-state index contributed by atoms with van der Waals surface area (Å²) >= 11 is 0. The molecule has 2 aromatic rings. The average Bonchev–Trinajstić information content (AvgIpc) is 3.40. The molecule has 16 heteroatoms. The number of aromatic nitrogens is 2. The van der Waals surface area contributed by atoms with Gasteiger partial charge in [0, 0.05) is 31.2 Å². The number of carboxylic acids is 1. The van der Waals surface area contributed by atoms with Gasteiger partial charge in [-0.25, -0.2) is 9.78 Å². The van der Waals surface area contributed by atoms with Gasteiger partial charge in [0.05, 0.1) is 18.8 Å². The minimum Gasteiger partial charge on any atom is -0.508 e. The lowest BCUT2D eigenvalue weighted by atomic mass is 10.0. The van der Waals surface area contributed by atoms with E-state index in [1.54, 1.807) is 0 Å². The molecule has 4 atom stereocenters. The van der Waals surface area contributed by atoms with Crippen molar-refractivity contribution in [2.24, 2.45) is 17.2 Å². The first-order valence-electron chi connectivity index (χ1n) is 12.1. The van der Waals surface area contributed by atoms with Crippen molar-refractivity contribution in [3.05, 3.63) is 48.0 Å². The number of aromatic amines is 1. The Morgan fingerprint density at radius 3 is 2.00 bits per heavy atom. The van der Waals surface area contributed by atoms with E-state index >= 15 is 0 Å². The number of hydrogen-bond acceptors (Lipinski definition) is 9. The smallest absolute Gasteiger partial charge is 0.326 e. The van der Waals surface area contributed by atoms with Gasteiger partial charge in [-0.2, -0.15) is 0 Å². The summed E-state index contributed by atoms with van der Waals surface area (Å²) in [4.78, 5) is 79.8. The highest BCUT2D eigenvalue weighted by Gasteiger charge is 2.31. The van der Waals surface area contributed by atoms with Crippen LogP contribution in [0.5, 0.6) is 5.75 Å². The summed E-state index contributed by atoms with van der Waals surface area (Å²) in [5.74, 6) is -5.75. The number of aromatic hydroxyl groups is 1. The van der Waals surface area contributed by atoms with E-state index in [0.29, 0.717) is 11.3 Å². The largest absolute Gasteiger partial charge is 0.508 e. The monoisotopic (exact) mass is 560 g/mol. The summed E-state index contributed by atoms with van der Waals surface area (Å²) in [5, 5.41) is 26.2. The quantitative estimate of drug-likeness (QED) is 0.0996. The summed E-state index contributed by atoms with van der Waals surface area (Å²) in [6.07, 6.45) is 1.49. The maximum Gasteiger partial charge on any atom is 0.326 e. The molecule has 0 aliphatic rings. The van der Waals surface area contributed by atoms with Crippen LogP contribution in [0, 0.1) is 0 Å². The highest BCUT2D eigenvalue weighted by atomic mass is 16.4. The predicted molar refractivity (Wildman–Crippen MR) is 138 cm³/mol. The summed E-state index contributed by atoms with van der Waals surface area (Å²) < 4.78 is 0. The molecule has 0 fully saturated rings. The Balaban J connectivity index is 2.24. The van der Waals surface area contributed by atoms with E-state index in [1.807, 2.05) is 0 Å². The second kappa shape index (κ2) is 14.8. The topological polar surface area (TPSA) is 286 Å². The van der Waals surface area contributed by atoms with E-state index in [4.69, 9.17) is 17.2 Å². The fourth-order valence-electron chi connectivity index (χ4n) is 3.56. The van der Waals surface area contributed by atoms with Gasteiger partial charge in [0.25, 0.3) is 0 Å². The number of aliphatic carboxylic acids is 1. The number of primary amides is 2. The van der Waals surface area contributed by atoms with Crippen LogP contribution >= 0.6 is 0 Å². The molecule has 0 aliphatic heterocycles. The van der Waals surface area contributed by atoms with Gasteiger partial charge in [-0.3, -0.25) is 24.0 Å². The van der Waals surface area contributed by atoms with Crippen molar-refractivity contribution < 1.29 is 39.0 Å². The van der Waals surface area contributed by atoms with Crippen LogP contribution in [0.2, 0.25) is 0 Å². The minimum atomic E-state index is -1.54. The number of rotatable bonds is 16. The molecular weight excluding hydrogens is 528 g/mol. The SMILES string of the molecule is NC(=O)CCC(N)C(=O)NC(CC(N)=O)C(=O)NC(Cc1ccc(O)cc1)C(=O)NC(Cc1cnc[nH]1)C(=O)O. The molecular formula is C24H32N8O8. The van der Waals surface area contributed by atoms with Gasteiger partial charge >= 0.3 is 5.97 Å². The molecule has 0 spiro atoms. The van der Waals surface area contributed by atoms with Crippen molar-refractivity contribution in [3.63, 3.8) is 0 Å². The number of imidazole rings is 1. The summed E-state index contributed by atoms with van der Waals surface area (Å²) in [6, 6.07) is 0.142. The number of nitrogens with one attached hydrogen (secondary N) is 4. The molecule has 1 aromatic heterocycles. The molecule has 0 bridgehead atoms.